The van der Waals surface area contributed by atoms with Crippen molar-refractivity contribution in [2.24, 2.45) is 0 Å². The summed E-state index contributed by atoms with van der Waals surface area (Å²) in [7, 11) is 1.54. The highest BCUT2D eigenvalue weighted by Gasteiger charge is 2.22. The zero-order valence-corrected chi connectivity index (χ0v) is 9.47. The first kappa shape index (κ1) is 11.4. The minimum Gasteiger partial charge on any atom is -0.481 e. The highest BCUT2D eigenvalue weighted by atomic mass is 16.5. The fraction of sp³-hybridized carbons (Fsp3) is 0.364. The van der Waals surface area contributed by atoms with Crippen molar-refractivity contribution in [3.63, 3.8) is 0 Å². The zero-order chi connectivity index (χ0) is 12.3. The quantitative estimate of drug-likeness (QED) is 0.829. The summed E-state index contributed by atoms with van der Waals surface area (Å²) in [6.07, 6.45) is 1.97. The molecule has 1 aromatic heterocycles. The molecule has 0 atom stereocenters. The first-order valence-electron chi connectivity index (χ1n) is 5.26. The minimum absolute atomic E-state index is 0.224. The third-order valence-electron chi connectivity index (χ3n) is 2.52. The van der Waals surface area contributed by atoms with Crippen molar-refractivity contribution in [3.8, 4) is 5.88 Å². The smallest absolute Gasteiger partial charge is 0.324 e. The van der Waals surface area contributed by atoms with E-state index in [4.69, 9.17) is 4.74 Å². The Morgan fingerprint density at radius 1 is 1.53 bits per heavy atom. The van der Waals surface area contributed by atoms with Gasteiger partial charge in [-0.2, -0.15) is 0 Å². The number of imide groups is 1. The van der Waals surface area contributed by atoms with Gasteiger partial charge in [0.15, 0.2) is 0 Å². The van der Waals surface area contributed by atoms with Crippen molar-refractivity contribution in [2.75, 3.05) is 13.7 Å². The second-order valence-corrected chi connectivity index (χ2v) is 3.73. The largest absolute Gasteiger partial charge is 0.481 e. The van der Waals surface area contributed by atoms with Crippen LogP contribution in [0.2, 0.25) is 0 Å². The molecule has 1 saturated heterocycles. The number of aromatic nitrogens is 1. The molecule has 1 aliphatic rings. The van der Waals surface area contributed by atoms with Crippen molar-refractivity contribution in [3.05, 3.63) is 23.9 Å². The average Bonchev–Trinajstić information content (AvgIpc) is 2.33. The molecule has 6 heteroatoms. The third kappa shape index (κ3) is 2.72. The molecule has 0 aromatic carbocycles. The van der Waals surface area contributed by atoms with E-state index in [1.165, 1.54) is 0 Å². The van der Waals surface area contributed by atoms with E-state index in [1.807, 2.05) is 6.07 Å². The van der Waals surface area contributed by atoms with Gasteiger partial charge in [0, 0.05) is 31.8 Å². The monoisotopic (exact) mass is 235 g/mol. The molecular formula is C11H13N3O3. The molecule has 1 aliphatic heterocycles. The number of carbonyl (C=O) groups is 2. The van der Waals surface area contributed by atoms with Crippen LogP contribution in [0.25, 0.3) is 0 Å². The summed E-state index contributed by atoms with van der Waals surface area (Å²) in [6, 6.07) is 3.23. The Balaban J connectivity index is 2.05. The standard InChI is InChI=1S/C11H13N3O3/c1-17-10-6-8(2-4-12-10)7-14-5-3-9(15)13-11(14)16/h2,4,6H,3,5,7H2,1H3,(H,13,15,16). The first-order chi connectivity index (χ1) is 8.19. The normalized spacial score (nSPS) is 15.7. The predicted octanol–water partition coefficient (Wildman–Crippen LogP) is 0.532. The number of rotatable bonds is 3. The lowest BCUT2D eigenvalue weighted by Gasteiger charge is -2.26. The van der Waals surface area contributed by atoms with Gasteiger partial charge in [-0.15, -0.1) is 0 Å². The fourth-order valence-electron chi connectivity index (χ4n) is 1.63. The Morgan fingerprint density at radius 3 is 3.06 bits per heavy atom. The van der Waals surface area contributed by atoms with Crippen LogP contribution in [0.5, 0.6) is 5.88 Å². The molecule has 1 aromatic rings. The summed E-state index contributed by atoms with van der Waals surface area (Å²) in [5.41, 5.74) is 0.918. The van der Waals surface area contributed by atoms with Crippen LogP contribution >= 0.6 is 0 Å². The number of carbonyl (C=O) groups excluding carboxylic acids is 2. The van der Waals surface area contributed by atoms with E-state index in [-0.39, 0.29) is 11.9 Å². The molecular weight excluding hydrogens is 222 g/mol. The number of ether oxygens (including phenoxy) is 1. The maximum Gasteiger partial charge on any atom is 0.324 e. The molecule has 90 valence electrons. The third-order valence-corrected chi connectivity index (χ3v) is 2.52. The van der Waals surface area contributed by atoms with Gasteiger partial charge in [-0.25, -0.2) is 9.78 Å². The van der Waals surface area contributed by atoms with Gasteiger partial charge in [0.25, 0.3) is 0 Å². The van der Waals surface area contributed by atoms with Crippen LogP contribution in [0.4, 0.5) is 4.79 Å². The van der Waals surface area contributed by atoms with E-state index >= 15 is 0 Å². The highest BCUT2D eigenvalue weighted by molar-refractivity contribution is 5.96. The lowest BCUT2D eigenvalue weighted by molar-refractivity contribution is -0.121. The van der Waals surface area contributed by atoms with Gasteiger partial charge in [-0.1, -0.05) is 0 Å². The number of hydrogen-bond donors (Lipinski definition) is 1. The molecule has 0 aliphatic carbocycles. The van der Waals surface area contributed by atoms with Gasteiger partial charge in [-0.3, -0.25) is 10.1 Å². The maximum atomic E-state index is 11.5. The zero-order valence-electron chi connectivity index (χ0n) is 9.47. The fourth-order valence-corrected chi connectivity index (χ4v) is 1.63. The number of pyridine rings is 1. The molecule has 1 N–H and O–H groups in total. The molecule has 3 amide bonds. The van der Waals surface area contributed by atoms with Crippen LogP contribution in [-0.4, -0.2) is 35.5 Å². The summed E-state index contributed by atoms with van der Waals surface area (Å²) in [5.74, 6) is 0.287. The van der Waals surface area contributed by atoms with Crippen molar-refractivity contribution >= 4 is 11.9 Å². The Morgan fingerprint density at radius 2 is 2.35 bits per heavy atom. The topological polar surface area (TPSA) is 71.5 Å². The van der Waals surface area contributed by atoms with Crippen LogP contribution in [0.1, 0.15) is 12.0 Å². The number of hydrogen-bond acceptors (Lipinski definition) is 4. The summed E-state index contributed by atoms with van der Waals surface area (Å²) < 4.78 is 5.00. The second-order valence-electron chi connectivity index (χ2n) is 3.73. The van der Waals surface area contributed by atoms with Crippen LogP contribution in [-0.2, 0) is 11.3 Å². The van der Waals surface area contributed by atoms with Crippen molar-refractivity contribution in [2.45, 2.75) is 13.0 Å². The van der Waals surface area contributed by atoms with Crippen LogP contribution in [0.3, 0.4) is 0 Å². The highest BCUT2D eigenvalue weighted by Crippen LogP contribution is 2.12. The molecule has 0 bridgehead atoms. The maximum absolute atomic E-state index is 11.5. The van der Waals surface area contributed by atoms with Crippen molar-refractivity contribution in [1.82, 2.24) is 15.2 Å². The van der Waals surface area contributed by atoms with Crippen molar-refractivity contribution < 1.29 is 14.3 Å². The van der Waals surface area contributed by atoms with Gasteiger partial charge in [0.2, 0.25) is 11.8 Å². The molecule has 1 fully saturated rings. The van der Waals surface area contributed by atoms with Gasteiger partial charge < -0.3 is 9.64 Å². The lowest BCUT2D eigenvalue weighted by Crippen LogP contribution is -2.48. The van der Waals surface area contributed by atoms with Gasteiger partial charge in [0.05, 0.1) is 7.11 Å². The van der Waals surface area contributed by atoms with Crippen molar-refractivity contribution in [1.29, 1.82) is 0 Å². The SMILES string of the molecule is COc1cc(CN2CCC(=O)NC2=O)ccn1. The minimum atomic E-state index is -0.350. The van der Waals surface area contributed by atoms with Gasteiger partial charge >= 0.3 is 6.03 Å². The number of nitrogens with one attached hydrogen (secondary N) is 1. The van der Waals surface area contributed by atoms with Gasteiger partial charge in [0.1, 0.15) is 0 Å². The summed E-state index contributed by atoms with van der Waals surface area (Å²) in [4.78, 5) is 28.1. The van der Waals surface area contributed by atoms with E-state index in [2.05, 4.69) is 10.3 Å². The molecule has 0 radical (unpaired) electrons. The summed E-state index contributed by atoms with van der Waals surface area (Å²) >= 11 is 0. The Kier molecular flexibility index (Phi) is 3.22. The van der Waals surface area contributed by atoms with E-state index < -0.39 is 0 Å². The predicted molar refractivity (Wildman–Crippen MR) is 59.4 cm³/mol. The molecule has 0 spiro atoms. The van der Waals surface area contributed by atoms with E-state index in [9.17, 15) is 9.59 Å². The van der Waals surface area contributed by atoms with E-state index in [1.54, 1.807) is 24.3 Å². The summed E-state index contributed by atoms with van der Waals surface area (Å²) in [6.45, 7) is 0.882. The van der Waals surface area contributed by atoms with Crippen LogP contribution in [0.15, 0.2) is 18.3 Å². The number of methoxy groups -OCH3 is 1. The van der Waals surface area contributed by atoms with E-state index in [0.717, 1.165) is 5.56 Å². The number of amides is 3. The lowest BCUT2D eigenvalue weighted by atomic mass is 10.2. The molecule has 2 rings (SSSR count). The molecule has 6 nitrogen and oxygen atoms in total. The Hall–Kier alpha value is -2.11. The van der Waals surface area contributed by atoms with E-state index in [0.29, 0.717) is 25.4 Å². The Labute approximate surface area is 98.6 Å². The van der Waals surface area contributed by atoms with Crippen LogP contribution < -0.4 is 10.1 Å². The van der Waals surface area contributed by atoms with Crippen LogP contribution in [0, 0.1) is 0 Å². The number of nitrogens with zero attached hydrogens (tertiary/aromatic N) is 2. The Bertz CT molecular complexity index is 447. The molecule has 2 heterocycles. The average molecular weight is 235 g/mol. The molecule has 17 heavy (non-hydrogen) atoms. The summed E-state index contributed by atoms with van der Waals surface area (Å²) in [5, 5.41) is 2.28. The first-order valence-corrected chi connectivity index (χ1v) is 5.26. The number of urea groups is 1. The van der Waals surface area contributed by atoms with Gasteiger partial charge in [-0.05, 0) is 11.6 Å². The second kappa shape index (κ2) is 4.82. The molecule has 0 saturated carbocycles. The molecule has 0 unspecified atom stereocenters.